The Kier molecular flexibility index (Phi) is 6.17. The van der Waals surface area contributed by atoms with Crippen LogP contribution in [-0.4, -0.2) is 48.5 Å². The van der Waals surface area contributed by atoms with Crippen LogP contribution in [0, 0.1) is 5.82 Å². The van der Waals surface area contributed by atoms with E-state index in [2.05, 4.69) is 20.1 Å². The van der Waals surface area contributed by atoms with Crippen LogP contribution < -0.4 is 10.2 Å². The van der Waals surface area contributed by atoms with Crippen molar-refractivity contribution in [2.45, 2.75) is 6.04 Å². The molecule has 1 aliphatic heterocycles. The second-order valence-electron chi connectivity index (χ2n) is 6.96. The Morgan fingerprint density at radius 1 is 1.10 bits per heavy atom. The fourth-order valence-electron chi connectivity index (χ4n) is 3.70. The quantitative estimate of drug-likeness (QED) is 0.675. The van der Waals surface area contributed by atoms with E-state index in [1.54, 1.807) is 12.3 Å². The molecule has 1 amide bonds. The highest BCUT2D eigenvalue weighted by atomic mass is 32.1. The highest BCUT2D eigenvalue weighted by Gasteiger charge is 2.26. The Balaban J connectivity index is 1.44. The molecule has 2 aromatic heterocycles. The standard InChI is InChI=1S/C22H23FN4OS/c23-18-6-1-2-7-19(18)26-10-12-27(13-11-26)20(17-5-3-9-24-15-17)16-25-22(28)21-8-4-14-29-21/h1-9,14-15,20H,10-13,16H2,(H,25,28)/t20-/m1/s1. The number of hydrogen-bond acceptors (Lipinski definition) is 5. The third-order valence-corrected chi connectivity index (χ3v) is 6.09. The fourth-order valence-corrected chi connectivity index (χ4v) is 4.34. The number of halogens is 1. The number of carbonyl (C=O) groups is 1. The SMILES string of the molecule is O=C(NC[C@H](c1cccnc1)N1CCN(c2ccccc2F)CC1)c1cccs1. The smallest absolute Gasteiger partial charge is 0.261 e. The third-order valence-electron chi connectivity index (χ3n) is 5.22. The first-order chi connectivity index (χ1) is 14.2. The Morgan fingerprint density at radius 2 is 1.93 bits per heavy atom. The molecule has 4 rings (SSSR count). The average Bonchev–Trinajstić information content (AvgIpc) is 3.31. The maximum Gasteiger partial charge on any atom is 0.261 e. The van der Waals surface area contributed by atoms with Gasteiger partial charge in [0, 0.05) is 45.1 Å². The molecule has 5 nitrogen and oxygen atoms in total. The Bertz CT molecular complexity index is 927. The van der Waals surface area contributed by atoms with E-state index >= 15 is 0 Å². The molecule has 1 fully saturated rings. The lowest BCUT2D eigenvalue weighted by Gasteiger charge is -2.40. The van der Waals surface area contributed by atoms with E-state index < -0.39 is 0 Å². The van der Waals surface area contributed by atoms with Crippen molar-refractivity contribution in [1.29, 1.82) is 0 Å². The maximum absolute atomic E-state index is 14.1. The summed E-state index contributed by atoms with van der Waals surface area (Å²) in [6, 6.07) is 14.6. The fraction of sp³-hybridized carbons (Fsp3) is 0.273. The number of anilines is 1. The zero-order chi connectivity index (χ0) is 20.1. The van der Waals surface area contributed by atoms with Crippen molar-refractivity contribution in [1.82, 2.24) is 15.2 Å². The van der Waals surface area contributed by atoms with Crippen LogP contribution in [0.25, 0.3) is 0 Å². The molecule has 1 aliphatic rings. The molecular formula is C22H23FN4OS. The summed E-state index contributed by atoms with van der Waals surface area (Å²) in [5.41, 5.74) is 1.72. The highest BCUT2D eigenvalue weighted by Crippen LogP contribution is 2.25. The number of amides is 1. The summed E-state index contributed by atoms with van der Waals surface area (Å²) in [5.74, 6) is -0.244. The minimum absolute atomic E-state index is 0.0235. The average molecular weight is 411 g/mol. The largest absolute Gasteiger partial charge is 0.367 e. The third kappa shape index (κ3) is 4.63. The van der Waals surface area contributed by atoms with Gasteiger partial charge in [-0.25, -0.2) is 4.39 Å². The molecule has 1 saturated heterocycles. The highest BCUT2D eigenvalue weighted by molar-refractivity contribution is 7.12. The molecule has 0 unspecified atom stereocenters. The number of piperazine rings is 1. The van der Waals surface area contributed by atoms with E-state index in [9.17, 15) is 9.18 Å². The van der Waals surface area contributed by atoms with Crippen LogP contribution in [0.4, 0.5) is 10.1 Å². The summed E-state index contributed by atoms with van der Waals surface area (Å²) in [6.07, 6.45) is 3.60. The Morgan fingerprint density at radius 3 is 2.62 bits per heavy atom. The maximum atomic E-state index is 14.1. The molecule has 1 aromatic carbocycles. The van der Waals surface area contributed by atoms with Crippen LogP contribution in [0.2, 0.25) is 0 Å². The predicted molar refractivity (Wildman–Crippen MR) is 114 cm³/mol. The number of nitrogens with zero attached hydrogens (tertiary/aromatic N) is 3. The first kappa shape index (κ1) is 19.5. The van der Waals surface area contributed by atoms with Gasteiger partial charge in [-0.15, -0.1) is 11.3 Å². The van der Waals surface area contributed by atoms with Crippen molar-refractivity contribution < 1.29 is 9.18 Å². The topological polar surface area (TPSA) is 48.5 Å². The van der Waals surface area contributed by atoms with Crippen LogP contribution in [0.1, 0.15) is 21.3 Å². The van der Waals surface area contributed by atoms with Gasteiger partial charge in [-0.3, -0.25) is 14.7 Å². The number of hydrogen-bond donors (Lipinski definition) is 1. The first-order valence-corrected chi connectivity index (χ1v) is 10.6. The number of para-hydroxylation sites is 1. The monoisotopic (exact) mass is 410 g/mol. The number of carbonyl (C=O) groups excluding carboxylic acids is 1. The lowest BCUT2D eigenvalue weighted by Crippen LogP contribution is -2.50. The van der Waals surface area contributed by atoms with E-state index in [0.717, 1.165) is 31.7 Å². The minimum Gasteiger partial charge on any atom is -0.367 e. The Labute approximate surface area is 173 Å². The molecule has 1 atom stereocenters. The van der Waals surface area contributed by atoms with Gasteiger partial charge in [-0.05, 0) is 35.2 Å². The number of rotatable bonds is 6. The van der Waals surface area contributed by atoms with Crippen molar-refractivity contribution >= 4 is 22.9 Å². The molecule has 150 valence electrons. The molecule has 0 bridgehead atoms. The lowest BCUT2D eigenvalue weighted by molar-refractivity contribution is 0.0934. The van der Waals surface area contributed by atoms with Crippen molar-refractivity contribution in [3.63, 3.8) is 0 Å². The normalized spacial score (nSPS) is 15.8. The molecule has 0 aliphatic carbocycles. The van der Waals surface area contributed by atoms with Crippen LogP contribution >= 0.6 is 11.3 Å². The molecule has 0 spiro atoms. The minimum atomic E-state index is -0.187. The Hall–Kier alpha value is -2.77. The lowest BCUT2D eigenvalue weighted by atomic mass is 10.1. The molecule has 0 radical (unpaired) electrons. The summed E-state index contributed by atoms with van der Waals surface area (Å²) < 4.78 is 14.1. The van der Waals surface area contributed by atoms with Gasteiger partial charge in [0.1, 0.15) is 5.82 Å². The molecular weight excluding hydrogens is 387 g/mol. The van der Waals surface area contributed by atoms with Crippen molar-refractivity contribution in [2.75, 3.05) is 37.6 Å². The van der Waals surface area contributed by atoms with E-state index in [0.29, 0.717) is 17.1 Å². The van der Waals surface area contributed by atoms with Crippen LogP contribution in [0.5, 0.6) is 0 Å². The van der Waals surface area contributed by atoms with Gasteiger partial charge >= 0.3 is 0 Å². The summed E-state index contributed by atoms with van der Waals surface area (Å²) in [4.78, 5) is 21.8. The molecule has 3 aromatic rings. The van der Waals surface area contributed by atoms with E-state index in [4.69, 9.17) is 0 Å². The van der Waals surface area contributed by atoms with Crippen LogP contribution in [0.3, 0.4) is 0 Å². The molecule has 7 heteroatoms. The number of thiophene rings is 1. The summed E-state index contributed by atoms with van der Waals surface area (Å²) in [6.45, 7) is 3.53. The van der Waals surface area contributed by atoms with Gasteiger partial charge in [0.05, 0.1) is 16.6 Å². The van der Waals surface area contributed by atoms with Gasteiger partial charge in [0.25, 0.3) is 5.91 Å². The summed E-state index contributed by atoms with van der Waals surface area (Å²) in [5, 5.41) is 4.96. The second kappa shape index (κ2) is 9.15. The van der Waals surface area contributed by atoms with Crippen molar-refractivity contribution in [3.8, 4) is 0 Å². The number of nitrogens with one attached hydrogen (secondary N) is 1. The zero-order valence-electron chi connectivity index (χ0n) is 16.0. The van der Waals surface area contributed by atoms with E-state index in [-0.39, 0.29) is 17.8 Å². The van der Waals surface area contributed by atoms with E-state index in [1.807, 2.05) is 48.0 Å². The van der Waals surface area contributed by atoms with Gasteiger partial charge in [0.2, 0.25) is 0 Å². The molecule has 1 N–H and O–H groups in total. The van der Waals surface area contributed by atoms with Crippen molar-refractivity contribution in [2.24, 2.45) is 0 Å². The second-order valence-corrected chi connectivity index (χ2v) is 7.91. The zero-order valence-corrected chi connectivity index (χ0v) is 16.8. The van der Waals surface area contributed by atoms with E-state index in [1.165, 1.54) is 17.4 Å². The van der Waals surface area contributed by atoms with Gasteiger partial charge in [0.15, 0.2) is 0 Å². The van der Waals surface area contributed by atoms with Crippen LogP contribution in [0.15, 0.2) is 66.3 Å². The van der Waals surface area contributed by atoms with Crippen LogP contribution in [-0.2, 0) is 0 Å². The van der Waals surface area contributed by atoms with Gasteiger partial charge in [-0.1, -0.05) is 24.3 Å². The molecule has 0 saturated carbocycles. The van der Waals surface area contributed by atoms with Gasteiger partial charge < -0.3 is 10.2 Å². The van der Waals surface area contributed by atoms with Gasteiger partial charge in [-0.2, -0.15) is 0 Å². The molecule has 3 heterocycles. The number of aromatic nitrogens is 1. The molecule has 29 heavy (non-hydrogen) atoms. The van der Waals surface area contributed by atoms with Crippen molar-refractivity contribution in [3.05, 3.63) is 82.6 Å². The summed E-state index contributed by atoms with van der Waals surface area (Å²) >= 11 is 1.43. The number of benzene rings is 1. The summed E-state index contributed by atoms with van der Waals surface area (Å²) in [7, 11) is 0. The number of pyridine rings is 1. The predicted octanol–water partition coefficient (Wildman–Crippen LogP) is 3.58. The first-order valence-electron chi connectivity index (χ1n) is 9.67.